The highest BCUT2D eigenvalue weighted by Crippen LogP contribution is 2.23. The highest BCUT2D eigenvalue weighted by atomic mass is 16.5. The van der Waals surface area contributed by atoms with Crippen LogP contribution in [-0.2, 0) is 6.54 Å². The Labute approximate surface area is 144 Å². The summed E-state index contributed by atoms with van der Waals surface area (Å²) in [6, 6.07) is 15.4. The van der Waals surface area contributed by atoms with Gasteiger partial charge in [0.05, 0.1) is 0 Å². The molecule has 2 rings (SSSR count). The number of nitrogens with one attached hydrogen (secondary N) is 1. The lowest BCUT2D eigenvalue weighted by Crippen LogP contribution is -2.26. The van der Waals surface area contributed by atoms with Crippen LogP contribution in [0, 0.1) is 0 Å². The second-order valence-corrected chi connectivity index (χ2v) is 6.95. The summed E-state index contributed by atoms with van der Waals surface area (Å²) in [5.74, 6) is 0.705. The van der Waals surface area contributed by atoms with Crippen LogP contribution in [-0.4, -0.2) is 25.6 Å². The first-order chi connectivity index (χ1) is 11.3. The van der Waals surface area contributed by atoms with Gasteiger partial charge in [-0.1, -0.05) is 24.3 Å². The summed E-state index contributed by atoms with van der Waals surface area (Å²) >= 11 is 0. The lowest BCUT2D eigenvalue weighted by Gasteiger charge is -2.23. The van der Waals surface area contributed by atoms with Crippen molar-refractivity contribution in [3.63, 3.8) is 0 Å². The summed E-state index contributed by atoms with van der Waals surface area (Å²) in [7, 11) is 3.91. The van der Waals surface area contributed by atoms with Crippen LogP contribution in [0.3, 0.4) is 0 Å². The molecule has 0 fully saturated rings. The van der Waals surface area contributed by atoms with Crippen molar-refractivity contribution in [1.29, 1.82) is 0 Å². The molecule has 0 aliphatic carbocycles. The van der Waals surface area contributed by atoms with Crippen molar-refractivity contribution in [2.75, 3.05) is 19.0 Å². The van der Waals surface area contributed by atoms with Crippen molar-refractivity contribution in [2.24, 2.45) is 0 Å². The Bertz CT molecular complexity index is 703. The van der Waals surface area contributed by atoms with E-state index in [0.29, 0.717) is 12.1 Å². The van der Waals surface area contributed by atoms with Gasteiger partial charge in [0.1, 0.15) is 11.4 Å². The molecule has 1 N–H and O–H groups in total. The molecule has 2 aromatic rings. The Morgan fingerprint density at radius 3 is 2.46 bits per heavy atom. The fourth-order valence-electron chi connectivity index (χ4n) is 2.28. The molecule has 2 aromatic carbocycles. The largest absolute Gasteiger partial charge is 0.488 e. The normalized spacial score (nSPS) is 11.0. The number of benzene rings is 2. The van der Waals surface area contributed by atoms with Crippen LogP contribution in [0.2, 0.25) is 0 Å². The molecule has 0 radical (unpaired) electrons. The van der Waals surface area contributed by atoms with Gasteiger partial charge in [-0.05, 0) is 45.0 Å². The number of ether oxygens (including phenoxy) is 1. The van der Waals surface area contributed by atoms with Gasteiger partial charge in [0, 0.05) is 37.5 Å². The van der Waals surface area contributed by atoms with Crippen LogP contribution in [0.25, 0.3) is 0 Å². The van der Waals surface area contributed by atoms with Gasteiger partial charge in [0.2, 0.25) is 0 Å². The monoisotopic (exact) mass is 326 g/mol. The SMILES string of the molecule is CN(C)c1cccc(C(=O)NCc2ccccc2OC(C)(C)C)c1. The number of carbonyl (C=O) groups is 1. The number of hydrogen-bond acceptors (Lipinski definition) is 3. The van der Waals surface area contributed by atoms with Crippen LogP contribution in [0.4, 0.5) is 5.69 Å². The minimum atomic E-state index is -0.278. The molecule has 0 bridgehead atoms. The third-order valence-corrected chi connectivity index (χ3v) is 3.45. The molecule has 0 unspecified atom stereocenters. The summed E-state index contributed by atoms with van der Waals surface area (Å²) in [5.41, 5.74) is 2.33. The molecule has 0 aromatic heterocycles. The van der Waals surface area contributed by atoms with E-state index in [1.54, 1.807) is 0 Å². The lowest BCUT2D eigenvalue weighted by atomic mass is 10.1. The van der Waals surface area contributed by atoms with Crippen LogP contribution in [0.5, 0.6) is 5.75 Å². The topological polar surface area (TPSA) is 41.6 Å². The molecular weight excluding hydrogens is 300 g/mol. The average molecular weight is 326 g/mol. The summed E-state index contributed by atoms with van der Waals surface area (Å²) < 4.78 is 5.96. The first kappa shape index (κ1) is 17.9. The fraction of sp³-hybridized carbons (Fsp3) is 0.350. The molecule has 0 saturated carbocycles. The van der Waals surface area contributed by atoms with Crippen molar-refractivity contribution >= 4 is 11.6 Å². The Kier molecular flexibility index (Phi) is 5.50. The third-order valence-electron chi connectivity index (χ3n) is 3.45. The molecule has 0 atom stereocenters. The summed E-state index contributed by atoms with van der Waals surface area (Å²) in [6.07, 6.45) is 0. The molecule has 4 nitrogen and oxygen atoms in total. The minimum absolute atomic E-state index is 0.0933. The average Bonchev–Trinajstić information content (AvgIpc) is 2.52. The first-order valence-electron chi connectivity index (χ1n) is 8.09. The standard InChI is InChI=1S/C20H26N2O2/c1-20(2,3)24-18-12-7-6-9-16(18)14-21-19(23)15-10-8-11-17(13-15)22(4)5/h6-13H,14H2,1-5H3,(H,21,23). The predicted molar refractivity (Wildman–Crippen MR) is 98.8 cm³/mol. The Hall–Kier alpha value is -2.49. The van der Waals surface area contributed by atoms with Gasteiger partial charge in [-0.2, -0.15) is 0 Å². The van der Waals surface area contributed by atoms with E-state index >= 15 is 0 Å². The maximum absolute atomic E-state index is 12.4. The van der Waals surface area contributed by atoms with E-state index in [-0.39, 0.29) is 11.5 Å². The van der Waals surface area contributed by atoms with E-state index in [9.17, 15) is 4.79 Å². The van der Waals surface area contributed by atoms with Gasteiger partial charge in [-0.25, -0.2) is 0 Å². The number of para-hydroxylation sites is 1. The lowest BCUT2D eigenvalue weighted by molar-refractivity contribution is 0.0949. The predicted octanol–water partition coefficient (Wildman–Crippen LogP) is 3.86. The third kappa shape index (κ3) is 5.01. The van der Waals surface area contributed by atoms with Crippen molar-refractivity contribution < 1.29 is 9.53 Å². The molecule has 0 saturated heterocycles. The maximum atomic E-state index is 12.4. The van der Waals surface area contributed by atoms with E-state index < -0.39 is 0 Å². The summed E-state index contributed by atoms with van der Waals surface area (Å²) in [5, 5.41) is 2.97. The van der Waals surface area contributed by atoms with E-state index in [2.05, 4.69) is 5.32 Å². The van der Waals surface area contributed by atoms with E-state index in [1.807, 2.05) is 88.3 Å². The minimum Gasteiger partial charge on any atom is -0.488 e. The molecule has 24 heavy (non-hydrogen) atoms. The zero-order valence-corrected chi connectivity index (χ0v) is 15.1. The van der Waals surface area contributed by atoms with Gasteiger partial charge in [-0.15, -0.1) is 0 Å². The molecule has 4 heteroatoms. The molecule has 0 spiro atoms. The molecule has 0 aliphatic rings. The first-order valence-corrected chi connectivity index (χ1v) is 8.09. The number of rotatable bonds is 5. The van der Waals surface area contributed by atoms with Gasteiger partial charge < -0.3 is 15.0 Å². The van der Waals surface area contributed by atoms with Gasteiger partial charge in [-0.3, -0.25) is 4.79 Å². The van der Waals surface area contributed by atoms with Crippen molar-refractivity contribution in [3.05, 3.63) is 59.7 Å². The Balaban J connectivity index is 2.08. The van der Waals surface area contributed by atoms with E-state index in [0.717, 1.165) is 17.0 Å². The highest BCUT2D eigenvalue weighted by Gasteiger charge is 2.15. The van der Waals surface area contributed by atoms with Crippen LogP contribution >= 0.6 is 0 Å². The maximum Gasteiger partial charge on any atom is 0.251 e. The van der Waals surface area contributed by atoms with Gasteiger partial charge in [0.25, 0.3) is 5.91 Å². The van der Waals surface area contributed by atoms with Crippen LogP contribution in [0.15, 0.2) is 48.5 Å². The number of nitrogens with zero attached hydrogens (tertiary/aromatic N) is 1. The van der Waals surface area contributed by atoms with E-state index in [1.165, 1.54) is 0 Å². The molecule has 0 aliphatic heterocycles. The Morgan fingerprint density at radius 2 is 1.79 bits per heavy atom. The van der Waals surface area contributed by atoms with E-state index in [4.69, 9.17) is 4.74 Å². The van der Waals surface area contributed by atoms with Crippen LogP contribution < -0.4 is 15.0 Å². The quantitative estimate of drug-likeness (QED) is 0.907. The zero-order chi connectivity index (χ0) is 17.7. The van der Waals surface area contributed by atoms with Crippen molar-refractivity contribution in [2.45, 2.75) is 32.9 Å². The number of amides is 1. The smallest absolute Gasteiger partial charge is 0.251 e. The fourth-order valence-corrected chi connectivity index (χ4v) is 2.28. The van der Waals surface area contributed by atoms with Crippen molar-refractivity contribution in [3.8, 4) is 5.75 Å². The highest BCUT2D eigenvalue weighted by molar-refractivity contribution is 5.95. The second-order valence-electron chi connectivity index (χ2n) is 6.95. The van der Waals surface area contributed by atoms with Gasteiger partial charge >= 0.3 is 0 Å². The number of hydrogen-bond donors (Lipinski definition) is 1. The summed E-state index contributed by atoms with van der Waals surface area (Å²) in [4.78, 5) is 14.4. The molecule has 128 valence electrons. The van der Waals surface area contributed by atoms with Gasteiger partial charge in [0.15, 0.2) is 0 Å². The number of anilines is 1. The molecular formula is C20H26N2O2. The van der Waals surface area contributed by atoms with Crippen LogP contribution in [0.1, 0.15) is 36.7 Å². The van der Waals surface area contributed by atoms with Crippen molar-refractivity contribution in [1.82, 2.24) is 5.32 Å². The Morgan fingerprint density at radius 1 is 1.08 bits per heavy atom. The molecule has 1 amide bonds. The molecule has 0 heterocycles. The zero-order valence-electron chi connectivity index (χ0n) is 15.1. The summed E-state index contributed by atoms with van der Waals surface area (Å²) in [6.45, 7) is 6.45. The number of carbonyl (C=O) groups excluding carboxylic acids is 1. The second kappa shape index (κ2) is 7.39.